The minimum Gasteiger partial charge on any atom is -0.495 e. The molecule has 10 heteroatoms. The number of halogens is 3. The van der Waals surface area contributed by atoms with E-state index < -0.39 is 6.04 Å². The number of benzene rings is 3. The highest BCUT2D eigenvalue weighted by atomic mass is 35.5. The summed E-state index contributed by atoms with van der Waals surface area (Å²) < 4.78 is 7.06. The molecular formula is C26H20Cl3N5O2. The lowest BCUT2D eigenvalue weighted by atomic mass is 9.95. The van der Waals surface area contributed by atoms with Crippen LogP contribution in [-0.2, 0) is 4.79 Å². The number of allylic oxidation sites excluding steroid dienone is 1. The molecule has 4 aromatic rings. The van der Waals surface area contributed by atoms with Gasteiger partial charge in [-0.1, -0.05) is 65.1 Å². The molecule has 2 N–H and O–H groups in total. The van der Waals surface area contributed by atoms with Crippen molar-refractivity contribution in [1.82, 2.24) is 14.8 Å². The topological polar surface area (TPSA) is 81.1 Å². The number of nitrogens with one attached hydrogen (secondary N) is 2. The first-order chi connectivity index (χ1) is 17.4. The fraction of sp³-hybridized carbons (Fsp3) is 0.115. The van der Waals surface area contributed by atoms with E-state index in [2.05, 4.69) is 15.6 Å². The summed E-state index contributed by atoms with van der Waals surface area (Å²) in [5, 5.41) is 12.2. The lowest BCUT2D eigenvalue weighted by molar-refractivity contribution is -0.113. The van der Waals surface area contributed by atoms with E-state index in [9.17, 15) is 4.79 Å². The smallest absolute Gasteiger partial charge is 0.255 e. The number of hydrogen-bond donors (Lipinski definition) is 2. The van der Waals surface area contributed by atoms with Gasteiger partial charge in [-0.05, 0) is 48.9 Å². The molecule has 7 nitrogen and oxygen atoms in total. The molecule has 1 aliphatic heterocycles. The fourth-order valence-corrected chi connectivity index (χ4v) is 4.66. The van der Waals surface area contributed by atoms with Crippen LogP contribution in [0.15, 0.2) is 78.0 Å². The first-order valence-corrected chi connectivity index (χ1v) is 12.1. The lowest BCUT2D eigenvalue weighted by Crippen LogP contribution is -2.31. The molecule has 0 saturated heterocycles. The molecule has 182 valence electrons. The van der Waals surface area contributed by atoms with Gasteiger partial charge in [-0.2, -0.15) is 4.98 Å². The number of para-hydroxylation sites is 2. The molecule has 2 heterocycles. The van der Waals surface area contributed by atoms with Gasteiger partial charge in [-0.15, -0.1) is 5.10 Å². The van der Waals surface area contributed by atoms with Crippen molar-refractivity contribution in [3.8, 4) is 17.1 Å². The maximum absolute atomic E-state index is 13.7. The van der Waals surface area contributed by atoms with Crippen molar-refractivity contribution < 1.29 is 9.53 Å². The summed E-state index contributed by atoms with van der Waals surface area (Å²) in [6, 6.07) is 19.1. The second-order valence-electron chi connectivity index (χ2n) is 8.08. The highest BCUT2D eigenvalue weighted by Crippen LogP contribution is 2.39. The van der Waals surface area contributed by atoms with Gasteiger partial charge < -0.3 is 15.4 Å². The average molecular weight is 541 g/mol. The Morgan fingerprint density at radius 1 is 1.00 bits per heavy atom. The number of amides is 1. The Kier molecular flexibility index (Phi) is 6.62. The van der Waals surface area contributed by atoms with E-state index in [0.29, 0.717) is 60.7 Å². The molecule has 1 atom stereocenters. The van der Waals surface area contributed by atoms with Crippen LogP contribution >= 0.6 is 34.8 Å². The predicted octanol–water partition coefficient (Wildman–Crippen LogP) is 6.84. The summed E-state index contributed by atoms with van der Waals surface area (Å²) in [7, 11) is 1.55. The molecule has 1 aromatic heterocycles. The molecule has 0 bridgehead atoms. The summed E-state index contributed by atoms with van der Waals surface area (Å²) >= 11 is 19.0. The third kappa shape index (κ3) is 4.41. The molecule has 0 saturated carbocycles. The van der Waals surface area contributed by atoms with Crippen LogP contribution in [0.25, 0.3) is 11.4 Å². The van der Waals surface area contributed by atoms with Gasteiger partial charge in [-0.3, -0.25) is 4.79 Å². The number of fused-ring (bicyclic) bond motifs is 1. The number of rotatable bonds is 5. The first kappa shape index (κ1) is 24.2. The molecule has 1 amide bonds. The zero-order chi connectivity index (χ0) is 25.4. The maximum Gasteiger partial charge on any atom is 0.255 e. The minimum absolute atomic E-state index is 0.332. The van der Waals surface area contributed by atoms with Gasteiger partial charge in [0.1, 0.15) is 11.8 Å². The summed E-state index contributed by atoms with van der Waals surface area (Å²) in [5.74, 6) is 1.10. The van der Waals surface area contributed by atoms with Crippen molar-refractivity contribution in [3.63, 3.8) is 0 Å². The molecule has 5 rings (SSSR count). The van der Waals surface area contributed by atoms with Crippen LogP contribution in [0.4, 0.5) is 11.6 Å². The molecule has 3 aromatic carbocycles. The van der Waals surface area contributed by atoms with Crippen molar-refractivity contribution in [2.24, 2.45) is 0 Å². The molecule has 0 aliphatic carbocycles. The predicted molar refractivity (Wildman–Crippen MR) is 143 cm³/mol. The van der Waals surface area contributed by atoms with Crippen LogP contribution in [0, 0.1) is 0 Å². The summed E-state index contributed by atoms with van der Waals surface area (Å²) in [6.07, 6.45) is 0. The van der Waals surface area contributed by atoms with Crippen molar-refractivity contribution in [2.75, 3.05) is 17.7 Å². The second-order valence-corrected chi connectivity index (χ2v) is 9.30. The monoisotopic (exact) mass is 539 g/mol. The number of hydrogen-bond acceptors (Lipinski definition) is 5. The number of anilines is 2. The van der Waals surface area contributed by atoms with Crippen molar-refractivity contribution in [3.05, 3.63) is 98.6 Å². The van der Waals surface area contributed by atoms with Gasteiger partial charge in [-0.25, -0.2) is 4.68 Å². The van der Waals surface area contributed by atoms with E-state index in [0.717, 1.165) is 0 Å². The van der Waals surface area contributed by atoms with Crippen molar-refractivity contribution in [2.45, 2.75) is 13.0 Å². The highest BCUT2D eigenvalue weighted by Gasteiger charge is 2.35. The number of methoxy groups -OCH3 is 1. The zero-order valence-electron chi connectivity index (χ0n) is 19.2. The molecule has 0 spiro atoms. The number of nitrogens with zero attached hydrogens (tertiary/aromatic N) is 3. The quantitative estimate of drug-likeness (QED) is 0.290. The van der Waals surface area contributed by atoms with Crippen LogP contribution in [0.5, 0.6) is 5.75 Å². The second kappa shape index (κ2) is 9.85. The van der Waals surface area contributed by atoms with E-state index in [1.54, 1.807) is 42.1 Å². The van der Waals surface area contributed by atoms with Gasteiger partial charge in [0.05, 0.1) is 33.4 Å². The van der Waals surface area contributed by atoms with Gasteiger partial charge in [0.25, 0.3) is 5.91 Å². The van der Waals surface area contributed by atoms with Crippen LogP contribution in [0.2, 0.25) is 15.1 Å². The number of carbonyl (C=O) groups excluding carboxylic acids is 1. The minimum atomic E-state index is -0.644. The van der Waals surface area contributed by atoms with Crippen molar-refractivity contribution >= 4 is 52.3 Å². The Labute approximate surface area is 222 Å². The van der Waals surface area contributed by atoms with E-state index in [1.165, 1.54) is 0 Å². The van der Waals surface area contributed by atoms with Crippen molar-refractivity contribution in [1.29, 1.82) is 0 Å². The number of aromatic nitrogens is 3. The molecule has 0 fully saturated rings. The molecule has 36 heavy (non-hydrogen) atoms. The van der Waals surface area contributed by atoms with Crippen LogP contribution in [0.1, 0.15) is 18.5 Å². The van der Waals surface area contributed by atoms with Crippen LogP contribution < -0.4 is 15.4 Å². The SMILES string of the molecule is COc1ccccc1NC(=O)C1=C(C)Nc2nc(-c3ccccc3Cl)nn2C1c1ccc(Cl)c(Cl)c1. The lowest BCUT2D eigenvalue weighted by Gasteiger charge is -2.29. The molecule has 0 radical (unpaired) electrons. The Morgan fingerprint density at radius 2 is 1.75 bits per heavy atom. The standard InChI is InChI=1S/C26H20Cl3N5O2/c1-14-22(25(35)31-20-9-5-6-10-21(20)36-2)23(15-11-12-18(28)19(29)13-15)34-26(30-14)32-24(33-34)16-7-3-4-8-17(16)27/h3-13,23H,1-2H3,(H,31,35)(H,30,32,33). The Morgan fingerprint density at radius 3 is 2.50 bits per heavy atom. The third-order valence-corrected chi connectivity index (χ3v) is 6.90. The average Bonchev–Trinajstić information content (AvgIpc) is 3.28. The Hall–Kier alpha value is -3.52. The van der Waals surface area contributed by atoms with Gasteiger partial charge in [0.15, 0.2) is 5.82 Å². The van der Waals surface area contributed by atoms with Gasteiger partial charge >= 0.3 is 0 Å². The number of carbonyl (C=O) groups is 1. The van der Waals surface area contributed by atoms with Gasteiger partial charge in [0.2, 0.25) is 5.95 Å². The first-order valence-electron chi connectivity index (χ1n) is 11.0. The maximum atomic E-state index is 13.7. The molecule has 1 aliphatic rings. The zero-order valence-corrected chi connectivity index (χ0v) is 21.5. The van der Waals surface area contributed by atoms with E-state index in [1.807, 2.05) is 43.3 Å². The summed E-state index contributed by atoms with van der Waals surface area (Å²) in [5.41, 5.74) is 2.98. The van der Waals surface area contributed by atoms with E-state index in [-0.39, 0.29) is 5.91 Å². The Bertz CT molecular complexity index is 1520. The highest BCUT2D eigenvalue weighted by molar-refractivity contribution is 6.42. The largest absolute Gasteiger partial charge is 0.495 e. The molecule has 1 unspecified atom stereocenters. The summed E-state index contributed by atoms with van der Waals surface area (Å²) in [6.45, 7) is 1.81. The molecular weight excluding hydrogens is 521 g/mol. The van der Waals surface area contributed by atoms with Gasteiger partial charge in [0, 0.05) is 11.3 Å². The van der Waals surface area contributed by atoms with E-state index >= 15 is 0 Å². The Balaban J connectivity index is 1.63. The number of ether oxygens (including phenoxy) is 1. The van der Waals surface area contributed by atoms with E-state index in [4.69, 9.17) is 44.6 Å². The van der Waals surface area contributed by atoms with Crippen LogP contribution in [-0.4, -0.2) is 27.8 Å². The van der Waals surface area contributed by atoms with Crippen LogP contribution in [0.3, 0.4) is 0 Å². The fourth-order valence-electron chi connectivity index (χ4n) is 4.13. The summed E-state index contributed by atoms with van der Waals surface area (Å²) in [4.78, 5) is 18.4. The normalized spacial score (nSPS) is 14.8. The third-order valence-electron chi connectivity index (χ3n) is 5.83.